The van der Waals surface area contributed by atoms with E-state index in [1.165, 1.54) is 19.2 Å². The Labute approximate surface area is 169 Å². The fraction of sp³-hybridized carbons (Fsp3) is 0.111. The molecule has 1 N–H and O–H groups in total. The van der Waals surface area contributed by atoms with E-state index in [1.54, 1.807) is 35.3 Å². The summed E-state index contributed by atoms with van der Waals surface area (Å²) in [7, 11) is -2.77. The molecule has 2 aromatic heterocycles. The van der Waals surface area contributed by atoms with E-state index < -0.39 is 25.8 Å². The topological polar surface area (TPSA) is 99.2 Å². The molecule has 0 saturated carbocycles. The average Bonchev–Trinajstić information content (AvgIpc) is 3.33. The van der Waals surface area contributed by atoms with E-state index in [9.17, 15) is 12.8 Å². The third kappa shape index (κ3) is 3.64. The van der Waals surface area contributed by atoms with Crippen molar-refractivity contribution in [3.8, 4) is 5.75 Å². The first-order valence-corrected chi connectivity index (χ1v) is 10.2. The molecule has 0 aliphatic carbocycles. The fourth-order valence-corrected chi connectivity index (χ4v) is 4.39. The summed E-state index contributed by atoms with van der Waals surface area (Å²) in [6.45, 7) is 0.458. The summed E-state index contributed by atoms with van der Waals surface area (Å²) in [6.07, 6.45) is 3.47. The third-order valence-electron chi connectivity index (χ3n) is 4.16. The van der Waals surface area contributed by atoms with E-state index in [2.05, 4.69) is 15.0 Å². The number of fused-ring (bicyclic) bond motifs is 1. The smallest absolute Gasteiger partial charge is 0.264 e. The Bertz CT molecular complexity index is 1290. The Morgan fingerprint density at radius 1 is 1.31 bits per heavy atom. The molecule has 0 spiro atoms. The lowest BCUT2D eigenvalue weighted by Gasteiger charge is -2.10. The number of anilines is 1. The molecule has 0 amide bonds. The lowest BCUT2D eigenvalue weighted by Crippen LogP contribution is -2.14. The van der Waals surface area contributed by atoms with Crippen LogP contribution >= 0.6 is 11.6 Å². The summed E-state index contributed by atoms with van der Waals surface area (Å²) in [5.41, 5.74) is 1.13. The number of sulfonamides is 1. The van der Waals surface area contributed by atoms with E-state index in [0.717, 1.165) is 11.6 Å². The quantitative estimate of drug-likeness (QED) is 0.495. The molecule has 150 valence electrons. The highest BCUT2D eigenvalue weighted by molar-refractivity contribution is 7.92. The first-order chi connectivity index (χ1) is 13.9. The zero-order valence-corrected chi connectivity index (χ0v) is 16.5. The Hall–Kier alpha value is -3.11. The van der Waals surface area contributed by atoms with E-state index in [4.69, 9.17) is 20.9 Å². The minimum Gasteiger partial charge on any atom is -0.496 e. The largest absolute Gasteiger partial charge is 0.496 e. The maximum absolute atomic E-state index is 13.7. The second-order valence-corrected chi connectivity index (χ2v) is 8.09. The molecule has 0 radical (unpaired) electrons. The number of methoxy groups -OCH3 is 1. The van der Waals surface area contributed by atoms with Gasteiger partial charge in [0.1, 0.15) is 21.8 Å². The maximum Gasteiger partial charge on any atom is 0.264 e. The Balaban J connectivity index is 1.74. The highest BCUT2D eigenvalue weighted by atomic mass is 35.5. The van der Waals surface area contributed by atoms with Gasteiger partial charge in [-0.25, -0.2) is 12.8 Å². The monoisotopic (exact) mass is 436 g/mol. The molecule has 0 aliphatic heterocycles. The molecule has 11 heteroatoms. The number of hydrogen-bond acceptors (Lipinski definition) is 6. The van der Waals surface area contributed by atoms with Crippen LogP contribution in [0, 0.1) is 5.82 Å². The number of halogens is 2. The SMILES string of the molecule is COc1cc(Cn2cccn2)cc2onc(NS(=O)(=O)c3cccc(F)c3Cl)c12. The molecular weight excluding hydrogens is 423 g/mol. The molecule has 0 aliphatic rings. The summed E-state index contributed by atoms with van der Waals surface area (Å²) in [6, 6.07) is 8.74. The molecule has 0 unspecified atom stereocenters. The zero-order chi connectivity index (χ0) is 20.6. The molecule has 0 atom stereocenters. The molecule has 0 bridgehead atoms. The third-order valence-corrected chi connectivity index (χ3v) is 6.04. The van der Waals surface area contributed by atoms with Crippen molar-refractivity contribution >= 4 is 38.4 Å². The number of benzene rings is 2. The van der Waals surface area contributed by atoms with Crippen molar-refractivity contribution in [3.63, 3.8) is 0 Å². The molecule has 4 rings (SSSR count). The van der Waals surface area contributed by atoms with Gasteiger partial charge in [-0.3, -0.25) is 9.40 Å². The molecule has 4 aromatic rings. The van der Waals surface area contributed by atoms with Crippen molar-refractivity contribution in [1.82, 2.24) is 14.9 Å². The van der Waals surface area contributed by atoms with Gasteiger partial charge in [0.05, 0.1) is 18.7 Å². The van der Waals surface area contributed by atoms with E-state index in [0.29, 0.717) is 23.3 Å². The van der Waals surface area contributed by atoms with Gasteiger partial charge in [0.2, 0.25) is 0 Å². The first kappa shape index (κ1) is 19.2. The predicted octanol–water partition coefficient (Wildman–Crippen LogP) is 3.67. The lowest BCUT2D eigenvalue weighted by molar-refractivity contribution is 0.418. The maximum atomic E-state index is 13.7. The van der Waals surface area contributed by atoms with Crippen molar-refractivity contribution < 1.29 is 22.1 Å². The predicted molar refractivity (Wildman–Crippen MR) is 104 cm³/mol. The lowest BCUT2D eigenvalue weighted by atomic mass is 10.1. The van der Waals surface area contributed by atoms with Crippen LogP contribution in [0.4, 0.5) is 10.2 Å². The van der Waals surface area contributed by atoms with E-state index >= 15 is 0 Å². The van der Waals surface area contributed by atoms with Crippen LogP contribution in [0.3, 0.4) is 0 Å². The summed E-state index contributed by atoms with van der Waals surface area (Å²) < 4.78 is 53.8. The minimum atomic E-state index is -4.22. The summed E-state index contributed by atoms with van der Waals surface area (Å²) in [4.78, 5) is -0.412. The molecule has 8 nitrogen and oxygen atoms in total. The van der Waals surface area contributed by atoms with Gasteiger partial charge >= 0.3 is 0 Å². The second kappa shape index (κ2) is 7.37. The zero-order valence-electron chi connectivity index (χ0n) is 15.0. The standard InChI is InChI=1S/C18H14ClFN4O4S/c1-27-13-8-11(10-24-7-3-6-21-24)9-14-16(13)18(22-28-14)23-29(25,26)15-5-2-4-12(20)17(15)19/h2-9H,10H2,1H3,(H,22,23). The Kier molecular flexibility index (Phi) is 4.89. The molecule has 0 saturated heterocycles. The summed E-state index contributed by atoms with van der Waals surface area (Å²) >= 11 is 5.81. The number of ether oxygens (including phenoxy) is 1. The van der Waals surface area contributed by atoms with Crippen molar-refractivity contribution in [3.05, 3.63) is 65.2 Å². The Morgan fingerprint density at radius 3 is 2.86 bits per heavy atom. The van der Waals surface area contributed by atoms with Gasteiger partial charge in [-0.05, 0) is 35.9 Å². The number of nitrogens with zero attached hydrogens (tertiary/aromatic N) is 3. The molecule has 2 aromatic carbocycles. The molecular formula is C18H14ClFN4O4S. The van der Waals surface area contributed by atoms with Gasteiger partial charge in [-0.1, -0.05) is 22.8 Å². The molecule has 0 fully saturated rings. The van der Waals surface area contributed by atoms with Crippen LogP contribution in [0.1, 0.15) is 5.56 Å². The number of aromatic nitrogens is 3. The van der Waals surface area contributed by atoms with Crippen LogP contribution in [0.25, 0.3) is 11.0 Å². The first-order valence-electron chi connectivity index (χ1n) is 8.29. The van der Waals surface area contributed by atoms with E-state index in [1.807, 2.05) is 0 Å². The summed E-state index contributed by atoms with van der Waals surface area (Å²) in [5, 5.41) is 7.76. The number of rotatable bonds is 6. The number of hydrogen-bond donors (Lipinski definition) is 1. The average molecular weight is 437 g/mol. The van der Waals surface area contributed by atoms with Crippen molar-refractivity contribution in [2.24, 2.45) is 0 Å². The number of nitrogens with one attached hydrogen (secondary N) is 1. The van der Waals surface area contributed by atoms with Gasteiger partial charge in [0.15, 0.2) is 11.4 Å². The van der Waals surface area contributed by atoms with Crippen molar-refractivity contribution in [2.45, 2.75) is 11.4 Å². The van der Waals surface area contributed by atoms with Crippen LogP contribution in [0.5, 0.6) is 5.75 Å². The highest BCUT2D eigenvalue weighted by Gasteiger charge is 2.24. The second-order valence-electron chi connectivity index (χ2n) is 6.06. The summed E-state index contributed by atoms with van der Waals surface area (Å²) in [5.74, 6) is -0.586. The van der Waals surface area contributed by atoms with Gasteiger partial charge in [-0.15, -0.1) is 0 Å². The Morgan fingerprint density at radius 2 is 2.14 bits per heavy atom. The van der Waals surface area contributed by atoms with Crippen molar-refractivity contribution in [2.75, 3.05) is 11.8 Å². The van der Waals surface area contributed by atoms with Crippen molar-refractivity contribution in [1.29, 1.82) is 0 Å². The van der Waals surface area contributed by atoms with E-state index in [-0.39, 0.29) is 5.82 Å². The molecule has 29 heavy (non-hydrogen) atoms. The normalized spacial score (nSPS) is 11.7. The minimum absolute atomic E-state index is 0.0946. The van der Waals surface area contributed by atoms with Gasteiger partial charge in [0, 0.05) is 12.4 Å². The van der Waals surface area contributed by atoms with Crippen LogP contribution < -0.4 is 9.46 Å². The van der Waals surface area contributed by atoms with Gasteiger partial charge in [-0.2, -0.15) is 5.10 Å². The van der Waals surface area contributed by atoms with Crippen LogP contribution in [0.2, 0.25) is 5.02 Å². The van der Waals surface area contributed by atoms with Crippen LogP contribution in [-0.4, -0.2) is 30.5 Å². The highest BCUT2D eigenvalue weighted by Crippen LogP contribution is 2.35. The molecule has 2 heterocycles. The fourth-order valence-electron chi connectivity index (χ4n) is 2.87. The van der Waals surface area contributed by atoms with Gasteiger partial charge < -0.3 is 9.26 Å². The van der Waals surface area contributed by atoms with Gasteiger partial charge in [0.25, 0.3) is 10.0 Å². The van der Waals surface area contributed by atoms with Crippen LogP contribution in [0.15, 0.2) is 58.2 Å². The van der Waals surface area contributed by atoms with Crippen LogP contribution in [-0.2, 0) is 16.6 Å².